The standard InChI is InChI=1S/C24H22N4O3S/c1-15-20-17(14-18(19-10-7-13-32-19)25-23(20)31-27-15)22(29)26-21(16-8-3-2-4-9-16)24(30)28-11-5-6-12-28/h2-4,7-10,13-14,21H,5-6,11-12H2,1H3,(H,26,29). The number of aromatic nitrogens is 2. The molecule has 1 aliphatic rings. The van der Waals surface area contributed by atoms with Crippen LogP contribution in [0.5, 0.6) is 0 Å². The Balaban J connectivity index is 1.54. The predicted molar refractivity (Wildman–Crippen MR) is 122 cm³/mol. The van der Waals surface area contributed by atoms with Crippen molar-refractivity contribution in [3.63, 3.8) is 0 Å². The number of carbonyl (C=O) groups is 2. The van der Waals surface area contributed by atoms with E-state index < -0.39 is 6.04 Å². The van der Waals surface area contributed by atoms with Gasteiger partial charge in [-0.05, 0) is 42.8 Å². The van der Waals surface area contributed by atoms with Crippen LogP contribution in [0.15, 0.2) is 58.4 Å². The first-order valence-corrected chi connectivity index (χ1v) is 11.5. The average molecular weight is 447 g/mol. The van der Waals surface area contributed by atoms with Crippen LogP contribution in [0.2, 0.25) is 0 Å². The number of nitrogens with one attached hydrogen (secondary N) is 1. The molecule has 5 rings (SSSR count). The first-order valence-electron chi connectivity index (χ1n) is 10.6. The van der Waals surface area contributed by atoms with Gasteiger partial charge in [-0.2, -0.15) is 0 Å². The van der Waals surface area contributed by atoms with Crippen LogP contribution in [0.3, 0.4) is 0 Å². The Kier molecular flexibility index (Phi) is 5.45. The van der Waals surface area contributed by atoms with Gasteiger partial charge >= 0.3 is 0 Å². The van der Waals surface area contributed by atoms with E-state index in [0.29, 0.717) is 41.1 Å². The first kappa shape index (κ1) is 20.4. The Morgan fingerprint density at radius 3 is 2.62 bits per heavy atom. The van der Waals surface area contributed by atoms with Crippen LogP contribution in [-0.4, -0.2) is 39.9 Å². The smallest absolute Gasteiger partial charge is 0.259 e. The minimum atomic E-state index is -0.768. The van der Waals surface area contributed by atoms with E-state index in [1.165, 1.54) is 11.3 Å². The maximum atomic E-state index is 13.6. The molecule has 1 saturated heterocycles. The van der Waals surface area contributed by atoms with Crippen molar-refractivity contribution in [2.24, 2.45) is 0 Å². The maximum Gasteiger partial charge on any atom is 0.259 e. The summed E-state index contributed by atoms with van der Waals surface area (Å²) < 4.78 is 5.38. The number of carbonyl (C=O) groups excluding carboxylic acids is 2. The van der Waals surface area contributed by atoms with Gasteiger partial charge in [0, 0.05) is 13.1 Å². The molecule has 32 heavy (non-hydrogen) atoms. The van der Waals surface area contributed by atoms with Gasteiger partial charge in [-0.3, -0.25) is 9.59 Å². The number of amides is 2. The Morgan fingerprint density at radius 1 is 1.12 bits per heavy atom. The molecule has 2 amide bonds. The fourth-order valence-corrected chi connectivity index (χ4v) is 4.77. The van der Waals surface area contributed by atoms with Crippen LogP contribution in [0, 0.1) is 6.92 Å². The van der Waals surface area contributed by atoms with Crippen molar-refractivity contribution in [3.05, 3.63) is 70.7 Å². The summed E-state index contributed by atoms with van der Waals surface area (Å²) in [6, 6.07) is 14.2. The van der Waals surface area contributed by atoms with Crippen molar-refractivity contribution in [2.45, 2.75) is 25.8 Å². The molecular weight excluding hydrogens is 424 g/mol. The molecule has 4 heterocycles. The zero-order chi connectivity index (χ0) is 22.1. The average Bonchev–Trinajstić information content (AvgIpc) is 3.59. The van der Waals surface area contributed by atoms with Crippen molar-refractivity contribution in [2.75, 3.05) is 13.1 Å². The number of thiophene rings is 1. The summed E-state index contributed by atoms with van der Waals surface area (Å²) in [4.78, 5) is 34.2. The summed E-state index contributed by atoms with van der Waals surface area (Å²) in [5.74, 6) is -0.448. The lowest BCUT2D eigenvalue weighted by molar-refractivity contribution is -0.132. The number of pyridine rings is 1. The highest BCUT2D eigenvalue weighted by Crippen LogP contribution is 2.30. The molecule has 3 aromatic heterocycles. The van der Waals surface area contributed by atoms with Gasteiger partial charge in [0.15, 0.2) is 0 Å². The number of nitrogens with zero attached hydrogens (tertiary/aromatic N) is 3. The van der Waals surface area contributed by atoms with E-state index in [1.807, 2.05) is 52.7 Å². The summed E-state index contributed by atoms with van der Waals surface area (Å²) >= 11 is 1.53. The third-order valence-electron chi connectivity index (χ3n) is 5.71. The molecule has 162 valence electrons. The van der Waals surface area contributed by atoms with E-state index in [2.05, 4.69) is 15.5 Å². The molecule has 1 fully saturated rings. The van der Waals surface area contributed by atoms with Gasteiger partial charge in [-0.15, -0.1) is 11.3 Å². The predicted octanol–water partition coefficient (Wildman–Crippen LogP) is 4.35. The second-order valence-corrected chi connectivity index (χ2v) is 8.78. The highest BCUT2D eigenvalue weighted by Gasteiger charge is 2.30. The number of rotatable bonds is 5. The lowest BCUT2D eigenvalue weighted by Gasteiger charge is -2.24. The minimum Gasteiger partial charge on any atom is -0.341 e. The Labute approximate surface area is 189 Å². The molecule has 0 saturated carbocycles. The molecule has 0 bridgehead atoms. The molecule has 1 atom stereocenters. The Hall–Kier alpha value is -3.52. The SMILES string of the molecule is Cc1noc2nc(-c3cccs3)cc(C(=O)NC(C(=O)N3CCCC3)c3ccccc3)c12. The van der Waals surface area contributed by atoms with E-state index >= 15 is 0 Å². The Morgan fingerprint density at radius 2 is 1.91 bits per heavy atom. The first-order chi connectivity index (χ1) is 15.6. The quantitative estimate of drug-likeness (QED) is 0.492. The third kappa shape index (κ3) is 3.78. The largest absolute Gasteiger partial charge is 0.341 e. The van der Waals surface area contributed by atoms with E-state index in [-0.39, 0.29) is 11.8 Å². The van der Waals surface area contributed by atoms with Gasteiger partial charge < -0.3 is 14.7 Å². The van der Waals surface area contributed by atoms with E-state index in [0.717, 1.165) is 23.3 Å². The van der Waals surface area contributed by atoms with E-state index in [1.54, 1.807) is 13.0 Å². The van der Waals surface area contributed by atoms with Crippen LogP contribution in [0.25, 0.3) is 21.7 Å². The van der Waals surface area contributed by atoms with Crippen LogP contribution in [0.4, 0.5) is 0 Å². The highest BCUT2D eigenvalue weighted by atomic mass is 32.1. The van der Waals surface area contributed by atoms with Gasteiger partial charge in [0.05, 0.1) is 27.2 Å². The highest BCUT2D eigenvalue weighted by molar-refractivity contribution is 7.13. The second kappa shape index (κ2) is 8.55. The van der Waals surface area contributed by atoms with Gasteiger partial charge in [0.1, 0.15) is 6.04 Å². The molecule has 7 nitrogen and oxygen atoms in total. The molecule has 8 heteroatoms. The second-order valence-electron chi connectivity index (χ2n) is 7.83. The lowest BCUT2D eigenvalue weighted by Crippen LogP contribution is -2.41. The lowest BCUT2D eigenvalue weighted by atomic mass is 10.0. The fourth-order valence-electron chi connectivity index (χ4n) is 4.09. The van der Waals surface area contributed by atoms with Crippen LogP contribution in [0.1, 0.15) is 40.5 Å². The number of aryl methyl sites for hydroxylation is 1. The van der Waals surface area contributed by atoms with Crippen LogP contribution < -0.4 is 5.32 Å². The molecule has 1 aliphatic heterocycles. The van der Waals surface area contributed by atoms with Crippen molar-refractivity contribution >= 4 is 34.3 Å². The molecule has 0 spiro atoms. The zero-order valence-corrected chi connectivity index (χ0v) is 18.4. The van der Waals surface area contributed by atoms with Gasteiger partial charge in [0.25, 0.3) is 11.6 Å². The molecule has 1 aromatic carbocycles. The molecular formula is C24H22N4O3S. The van der Waals surface area contributed by atoms with Crippen molar-refractivity contribution in [1.29, 1.82) is 0 Å². The maximum absolute atomic E-state index is 13.6. The summed E-state index contributed by atoms with van der Waals surface area (Å²) in [7, 11) is 0. The van der Waals surface area contributed by atoms with Gasteiger partial charge in [-0.25, -0.2) is 4.98 Å². The van der Waals surface area contributed by atoms with E-state index in [9.17, 15) is 9.59 Å². The zero-order valence-electron chi connectivity index (χ0n) is 17.6. The number of likely N-dealkylation sites (tertiary alicyclic amines) is 1. The minimum absolute atomic E-state index is 0.0899. The number of hydrogen-bond acceptors (Lipinski definition) is 6. The van der Waals surface area contributed by atoms with E-state index in [4.69, 9.17) is 4.52 Å². The molecule has 0 aliphatic carbocycles. The number of fused-ring (bicyclic) bond motifs is 1. The molecule has 1 unspecified atom stereocenters. The molecule has 0 radical (unpaired) electrons. The number of benzene rings is 1. The normalized spacial score (nSPS) is 14.6. The summed E-state index contributed by atoms with van der Waals surface area (Å²) in [5, 5.41) is 9.50. The van der Waals surface area contributed by atoms with Gasteiger partial charge in [-0.1, -0.05) is 41.6 Å². The van der Waals surface area contributed by atoms with Crippen LogP contribution in [-0.2, 0) is 4.79 Å². The number of hydrogen-bond donors (Lipinski definition) is 1. The van der Waals surface area contributed by atoms with Crippen molar-refractivity contribution in [3.8, 4) is 10.6 Å². The van der Waals surface area contributed by atoms with Gasteiger partial charge in [0.2, 0.25) is 5.91 Å². The summed E-state index contributed by atoms with van der Waals surface area (Å²) in [6.07, 6.45) is 1.96. The van der Waals surface area contributed by atoms with Crippen LogP contribution >= 0.6 is 11.3 Å². The topological polar surface area (TPSA) is 88.3 Å². The van der Waals surface area contributed by atoms with Crippen molar-refractivity contribution < 1.29 is 14.1 Å². The van der Waals surface area contributed by atoms with Crippen molar-refractivity contribution in [1.82, 2.24) is 20.4 Å². The fraction of sp³-hybridized carbons (Fsp3) is 0.250. The summed E-state index contributed by atoms with van der Waals surface area (Å²) in [6.45, 7) is 3.20. The Bertz CT molecular complexity index is 1260. The molecule has 4 aromatic rings. The third-order valence-corrected chi connectivity index (χ3v) is 6.60. The monoisotopic (exact) mass is 446 g/mol. The molecule has 1 N–H and O–H groups in total. The summed E-state index contributed by atoms with van der Waals surface area (Å²) in [5.41, 5.74) is 2.67.